The standard InChI is InChI=1S/C36H37F7N2O3S/c1-5-48-31(47)14-22-8-6-21(7-9-22)13-29-28(18-44)32(33(49-29)27-11-10-26(37)12-20(27)2)45-19-30(46)34(3,4)23-15-24(35(38,39)40)17-25(16-23)36(41,42)43/h10-12,15-17,21-22,45H,5-9,13-14,19H2,1-4H3. The fourth-order valence-electron chi connectivity index (χ4n) is 6.20. The lowest BCUT2D eigenvalue weighted by Crippen LogP contribution is -2.35. The Morgan fingerprint density at radius 1 is 0.939 bits per heavy atom. The number of hydrogen-bond donors (Lipinski definition) is 1. The van der Waals surface area contributed by atoms with Crippen molar-refractivity contribution in [3.8, 4) is 16.5 Å². The Balaban J connectivity index is 1.64. The molecule has 0 atom stereocenters. The molecule has 0 spiro atoms. The van der Waals surface area contributed by atoms with E-state index in [1.165, 1.54) is 37.3 Å². The summed E-state index contributed by atoms with van der Waals surface area (Å²) in [6, 6.07) is 7.47. The van der Waals surface area contributed by atoms with Crippen LogP contribution in [0.15, 0.2) is 36.4 Å². The van der Waals surface area contributed by atoms with Gasteiger partial charge in [0, 0.05) is 11.3 Å². The maximum absolute atomic E-state index is 14.0. The number of Topliss-reactive ketones (excluding diaryl/α,β-unsaturated/α-hetero) is 1. The molecule has 1 fully saturated rings. The number of halogens is 7. The van der Waals surface area contributed by atoms with E-state index in [-0.39, 0.29) is 35.1 Å². The summed E-state index contributed by atoms with van der Waals surface area (Å²) in [5.74, 6) is -0.981. The second-order valence-electron chi connectivity index (χ2n) is 13.0. The first-order chi connectivity index (χ1) is 22.8. The zero-order valence-electron chi connectivity index (χ0n) is 27.5. The highest BCUT2D eigenvalue weighted by Gasteiger charge is 2.40. The molecule has 0 bridgehead atoms. The van der Waals surface area contributed by atoms with Crippen molar-refractivity contribution in [2.24, 2.45) is 11.8 Å². The van der Waals surface area contributed by atoms with Crippen LogP contribution in [0.1, 0.15) is 85.6 Å². The van der Waals surface area contributed by atoms with E-state index in [0.717, 1.165) is 30.6 Å². The molecule has 1 aromatic heterocycles. The van der Waals surface area contributed by atoms with E-state index in [2.05, 4.69) is 11.4 Å². The second kappa shape index (κ2) is 14.9. The third-order valence-electron chi connectivity index (χ3n) is 9.16. The predicted molar refractivity (Wildman–Crippen MR) is 173 cm³/mol. The Morgan fingerprint density at radius 2 is 1.51 bits per heavy atom. The van der Waals surface area contributed by atoms with E-state index in [1.807, 2.05) is 0 Å². The Labute approximate surface area is 284 Å². The molecular weight excluding hydrogens is 673 g/mol. The van der Waals surface area contributed by atoms with Gasteiger partial charge >= 0.3 is 18.3 Å². The molecule has 1 aliphatic rings. The number of aryl methyl sites for hydroxylation is 1. The highest BCUT2D eigenvalue weighted by atomic mass is 32.1. The number of benzene rings is 2. The van der Waals surface area contributed by atoms with Gasteiger partial charge in [0.25, 0.3) is 0 Å². The number of ketones is 1. The third-order valence-corrected chi connectivity index (χ3v) is 10.4. The average molecular weight is 711 g/mol. The molecule has 0 aliphatic heterocycles. The number of ether oxygens (including phenoxy) is 1. The number of rotatable bonds is 11. The zero-order chi connectivity index (χ0) is 36.3. The molecule has 1 aliphatic carbocycles. The van der Waals surface area contributed by atoms with Crippen LogP contribution in [0.25, 0.3) is 10.4 Å². The van der Waals surface area contributed by atoms with Gasteiger partial charge < -0.3 is 10.1 Å². The normalized spacial score (nSPS) is 17.0. The number of carbonyl (C=O) groups excluding carboxylic acids is 2. The molecule has 2 aromatic carbocycles. The lowest BCUT2D eigenvalue weighted by Gasteiger charge is -2.27. The van der Waals surface area contributed by atoms with Crippen LogP contribution >= 0.6 is 11.3 Å². The molecule has 0 saturated heterocycles. The summed E-state index contributed by atoms with van der Waals surface area (Å²) in [4.78, 5) is 26.8. The highest BCUT2D eigenvalue weighted by molar-refractivity contribution is 7.16. The average Bonchev–Trinajstić information content (AvgIpc) is 3.36. The minimum absolute atomic E-state index is 0.0125. The summed E-state index contributed by atoms with van der Waals surface area (Å²) in [5, 5.41) is 13.3. The quantitative estimate of drug-likeness (QED) is 0.158. The van der Waals surface area contributed by atoms with Crippen molar-refractivity contribution < 1.29 is 45.1 Å². The zero-order valence-corrected chi connectivity index (χ0v) is 28.3. The summed E-state index contributed by atoms with van der Waals surface area (Å²) in [6.45, 7) is 5.76. The molecule has 0 amide bonds. The van der Waals surface area contributed by atoms with E-state index in [4.69, 9.17) is 4.74 Å². The van der Waals surface area contributed by atoms with E-state index in [0.29, 0.717) is 47.6 Å². The number of hydrogen-bond acceptors (Lipinski definition) is 6. The first-order valence-corrected chi connectivity index (χ1v) is 16.7. The molecule has 1 heterocycles. The van der Waals surface area contributed by atoms with Crippen LogP contribution < -0.4 is 5.32 Å². The van der Waals surface area contributed by atoms with Crippen LogP contribution in [0.5, 0.6) is 0 Å². The van der Waals surface area contributed by atoms with Gasteiger partial charge in [0.1, 0.15) is 11.9 Å². The van der Waals surface area contributed by atoms with Gasteiger partial charge in [-0.15, -0.1) is 11.3 Å². The van der Waals surface area contributed by atoms with Crippen molar-refractivity contribution in [3.63, 3.8) is 0 Å². The molecule has 264 valence electrons. The number of carbonyl (C=O) groups is 2. The number of alkyl halides is 6. The van der Waals surface area contributed by atoms with Crippen LogP contribution in [0.3, 0.4) is 0 Å². The first-order valence-electron chi connectivity index (χ1n) is 15.9. The Bertz CT molecular complexity index is 1700. The number of nitrogens with zero attached hydrogens (tertiary/aromatic N) is 1. The lowest BCUT2D eigenvalue weighted by molar-refractivity contribution is -0.145. The molecule has 5 nitrogen and oxygen atoms in total. The molecule has 4 rings (SSSR count). The maximum atomic E-state index is 14.0. The molecule has 13 heteroatoms. The van der Waals surface area contributed by atoms with Crippen LogP contribution in [0, 0.1) is 35.9 Å². The van der Waals surface area contributed by atoms with Crippen molar-refractivity contribution in [2.75, 3.05) is 18.5 Å². The summed E-state index contributed by atoms with van der Waals surface area (Å²) in [6.07, 6.45) is -5.98. The van der Waals surface area contributed by atoms with Crippen LogP contribution in [0.4, 0.5) is 36.4 Å². The topological polar surface area (TPSA) is 79.2 Å². The van der Waals surface area contributed by atoms with E-state index < -0.39 is 52.6 Å². The summed E-state index contributed by atoms with van der Waals surface area (Å²) >= 11 is 1.32. The van der Waals surface area contributed by atoms with Crippen LogP contribution in [-0.2, 0) is 38.5 Å². The Hall–Kier alpha value is -3.92. The van der Waals surface area contributed by atoms with Gasteiger partial charge in [-0.1, -0.05) is 6.07 Å². The fraction of sp³-hybridized carbons (Fsp3) is 0.472. The fourth-order valence-corrected chi connectivity index (χ4v) is 7.63. The second-order valence-corrected chi connectivity index (χ2v) is 14.1. The SMILES string of the molecule is CCOC(=O)CC1CCC(Cc2sc(-c3ccc(F)cc3C)c(NCC(=O)C(C)(C)c3cc(C(F)(F)F)cc(C(F)(F)F)c3)c2C#N)CC1. The molecule has 3 aromatic rings. The summed E-state index contributed by atoms with van der Waals surface area (Å²) in [7, 11) is 0. The van der Waals surface area contributed by atoms with Crippen molar-refractivity contribution >= 4 is 28.8 Å². The maximum Gasteiger partial charge on any atom is 0.416 e. The third kappa shape index (κ3) is 9.01. The van der Waals surface area contributed by atoms with E-state index in [9.17, 15) is 45.6 Å². The Morgan fingerprint density at radius 3 is 2.04 bits per heavy atom. The van der Waals surface area contributed by atoms with Crippen molar-refractivity contribution in [1.82, 2.24) is 0 Å². The van der Waals surface area contributed by atoms with Crippen molar-refractivity contribution in [1.29, 1.82) is 5.26 Å². The molecule has 0 unspecified atom stereocenters. The number of thiophene rings is 1. The minimum atomic E-state index is -5.08. The largest absolute Gasteiger partial charge is 0.466 e. The van der Waals surface area contributed by atoms with Gasteiger partial charge in [-0.25, -0.2) is 4.39 Å². The highest BCUT2D eigenvalue weighted by Crippen LogP contribution is 2.45. The number of nitriles is 1. The Kier molecular flexibility index (Phi) is 11.5. The van der Waals surface area contributed by atoms with Gasteiger partial charge in [0.2, 0.25) is 0 Å². The van der Waals surface area contributed by atoms with Gasteiger partial charge in [0.05, 0.1) is 45.8 Å². The molecular formula is C36H37F7N2O3S. The van der Waals surface area contributed by atoms with E-state index >= 15 is 0 Å². The van der Waals surface area contributed by atoms with Crippen molar-refractivity contribution in [2.45, 2.75) is 84.0 Å². The molecule has 49 heavy (non-hydrogen) atoms. The number of nitrogens with one attached hydrogen (secondary N) is 1. The van der Waals surface area contributed by atoms with Crippen molar-refractivity contribution in [3.05, 3.63) is 74.9 Å². The summed E-state index contributed by atoms with van der Waals surface area (Å²) in [5.41, 5.74) is -3.56. The summed E-state index contributed by atoms with van der Waals surface area (Å²) < 4.78 is 101. The van der Waals surface area contributed by atoms with Gasteiger partial charge in [0.15, 0.2) is 5.78 Å². The monoisotopic (exact) mass is 710 g/mol. The minimum Gasteiger partial charge on any atom is -0.466 e. The van der Waals surface area contributed by atoms with Gasteiger partial charge in [-0.05, 0) is 119 Å². The van der Waals surface area contributed by atoms with Gasteiger partial charge in [-0.2, -0.15) is 31.6 Å². The van der Waals surface area contributed by atoms with Crippen LogP contribution in [-0.4, -0.2) is 24.9 Å². The van der Waals surface area contributed by atoms with Gasteiger partial charge in [-0.3, -0.25) is 9.59 Å². The first kappa shape index (κ1) is 37.9. The number of esters is 1. The number of anilines is 1. The van der Waals surface area contributed by atoms with E-state index in [1.54, 1.807) is 19.9 Å². The lowest BCUT2D eigenvalue weighted by atomic mass is 9.78. The molecule has 0 radical (unpaired) electrons. The predicted octanol–water partition coefficient (Wildman–Crippen LogP) is 10.0. The van der Waals surface area contributed by atoms with Crippen LogP contribution in [0.2, 0.25) is 0 Å². The molecule has 1 N–H and O–H groups in total. The smallest absolute Gasteiger partial charge is 0.416 e. The molecule has 1 saturated carbocycles.